The quantitative estimate of drug-likeness (QED) is 0.805. The van der Waals surface area contributed by atoms with Crippen molar-refractivity contribution in [3.63, 3.8) is 0 Å². The van der Waals surface area contributed by atoms with Gasteiger partial charge in [0.1, 0.15) is 0 Å². The average Bonchev–Trinajstić information content (AvgIpc) is 2.76. The van der Waals surface area contributed by atoms with Crippen molar-refractivity contribution >= 4 is 5.91 Å². The number of aromatic nitrogens is 3. The molecule has 0 bridgehead atoms. The first-order valence-electron chi connectivity index (χ1n) is 6.02. The van der Waals surface area contributed by atoms with Crippen molar-refractivity contribution in [3.05, 3.63) is 11.9 Å². The maximum Gasteiger partial charge on any atom is 0.275 e. The molecule has 2 heterocycles. The number of rotatable bonds is 3. The fourth-order valence-electron chi connectivity index (χ4n) is 2.13. The Morgan fingerprint density at radius 1 is 1.65 bits per heavy atom. The van der Waals surface area contributed by atoms with E-state index in [1.807, 2.05) is 7.05 Å². The lowest BCUT2D eigenvalue weighted by Crippen LogP contribution is -2.44. The molecule has 1 saturated heterocycles. The summed E-state index contributed by atoms with van der Waals surface area (Å²) in [6.45, 7) is 1.78. The van der Waals surface area contributed by atoms with Crippen molar-refractivity contribution in [1.82, 2.24) is 25.2 Å². The summed E-state index contributed by atoms with van der Waals surface area (Å²) < 4.78 is 1.54. The highest BCUT2D eigenvalue weighted by Gasteiger charge is 2.20. The number of carbonyl (C=O) groups is 1. The van der Waals surface area contributed by atoms with Crippen LogP contribution in [0.15, 0.2) is 6.20 Å². The van der Waals surface area contributed by atoms with Crippen LogP contribution in [0.25, 0.3) is 0 Å². The van der Waals surface area contributed by atoms with E-state index in [0.29, 0.717) is 11.7 Å². The van der Waals surface area contributed by atoms with Crippen LogP contribution in [0.1, 0.15) is 29.8 Å². The molecular weight excluding hydrogens is 218 g/mol. The predicted molar refractivity (Wildman–Crippen MR) is 63.6 cm³/mol. The van der Waals surface area contributed by atoms with Gasteiger partial charge in [-0.15, -0.1) is 5.10 Å². The van der Waals surface area contributed by atoms with E-state index in [0.717, 1.165) is 19.5 Å². The van der Waals surface area contributed by atoms with E-state index in [1.54, 1.807) is 22.8 Å². The minimum Gasteiger partial charge on any atom is -0.339 e. The number of hydrogen-bond donors (Lipinski definition) is 1. The van der Waals surface area contributed by atoms with Gasteiger partial charge in [0.05, 0.1) is 6.20 Å². The molecule has 1 fully saturated rings. The standard InChI is InChI=1S/C11H19N5O/c1-15(7-9-5-3-4-6-12-9)11(17)10-8-16(2)14-13-10/h8-9,12H,3-7H2,1-2H3. The first kappa shape index (κ1) is 12.0. The third-order valence-electron chi connectivity index (χ3n) is 3.08. The second kappa shape index (κ2) is 5.27. The molecule has 0 spiro atoms. The van der Waals surface area contributed by atoms with Crippen molar-refractivity contribution < 1.29 is 4.79 Å². The number of likely N-dealkylation sites (N-methyl/N-ethyl adjacent to an activating group) is 1. The molecule has 0 aromatic carbocycles. The lowest BCUT2D eigenvalue weighted by molar-refractivity contribution is 0.0769. The summed E-state index contributed by atoms with van der Waals surface area (Å²) in [5, 5.41) is 11.0. The van der Waals surface area contributed by atoms with Gasteiger partial charge in [-0.2, -0.15) is 0 Å². The maximum absolute atomic E-state index is 12.0. The first-order valence-corrected chi connectivity index (χ1v) is 6.02. The third-order valence-corrected chi connectivity index (χ3v) is 3.08. The fraction of sp³-hybridized carbons (Fsp3) is 0.727. The third kappa shape index (κ3) is 3.03. The smallest absolute Gasteiger partial charge is 0.275 e. The number of hydrogen-bond acceptors (Lipinski definition) is 4. The van der Waals surface area contributed by atoms with Gasteiger partial charge in [0.2, 0.25) is 0 Å². The van der Waals surface area contributed by atoms with E-state index in [4.69, 9.17) is 0 Å². The Balaban J connectivity index is 1.90. The fourth-order valence-corrected chi connectivity index (χ4v) is 2.13. The van der Waals surface area contributed by atoms with Gasteiger partial charge >= 0.3 is 0 Å². The molecule has 1 amide bonds. The minimum atomic E-state index is -0.0644. The first-order chi connectivity index (χ1) is 8.16. The van der Waals surface area contributed by atoms with Gasteiger partial charge in [-0.1, -0.05) is 11.6 Å². The van der Waals surface area contributed by atoms with Crippen LogP contribution < -0.4 is 5.32 Å². The highest BCUT2D eigenvalue weighted by molar-refractivity contribution is 5.91. The molecule has 1 atom stereocenters. The number of carbonyl (C=O) groups excluding carboxylic acids is 1. The molecule has 1 aromatic heterocycles. The number of amides is 1. The van der Waals surface area contributed by atoms with Crippen LogP contribution in [0.5, 0.6) is 0 Å². The normalized spacial score (nSPS) is 20.2. The van der Waals surface area contributed by atoms with Crippen LogP contribution in [0.3, 0.4) is 0 Å². The van der Waals surface area contributed by atoms with Crippen LogP contribution in [0.2, 0.25) is 0 Å². The summed E-state index contributed by atoms with van der Waals surface area (Å²) in [6.07, 6.45) is 5.26. The summed E-state index contributed by atoms with van der Waals surface area (Å²) >= 11 is 0. The predicted octanol–water partition coefficient (Wildman–Crippen LogP) is 0.0292. The van der Waals surface area contributed by atoms with E-state index in [2.05, 4.69) is 15.6 Å². The van der Waals surface area contributed by atoms with E-state index in [9.17, 15) is 4.79 Å². The molecule has 0 radical (unpaired) electrons. The van der Waals surface area contributed by atoms with Crippen LogP contribution in [0, 0.1) is 0 Å². The Morgan fingerprint density at radius 2 is 2.47 bits per heavy atom. The van der Waals surface area contributed by atoms with Crippen molar-refractivity contribution in [2.75, 3.05) is 20.1 Å². The Kier molecular flexibility index (Phi) is 3.73. The van der Waals surface area contributed by atoms with Crippen LogP contribution in [-0.2, 0) is 7.05 Å². The Bertz CT molecular complexity index is 383. The van der Waals surface area contributed by atoms with E-state index in [1.165, 1.54) is 12.8 Å². The summed E-state index contributed by atoms with van der Waals surface area (Å²) in [7, 11) is 3.57. The summed E-state index contributed by atoms with van der Waals surface area (Å²) in [5.41, 5.74) is 0.408. The summed E-state index contributed by atoms with van der Waals surface area (Å²) in [4.78, 5) is 13.7. The zero-order valence-corrected chi connectivity index (χ0v) is 10.4. The second-order valence-electron chi connectivity index (χ2n) is 4.61. The van der Waals surface area contributed by atoms with Gasteiger partial charge in [-0.25, -0.2) is 0 Å². The van der Waals surface area contributed by atoms with Gasteiger partial charge in [-0.3, -0.25) is 9.48 Å². The van der Waals surface area contributed by atoms with E-state index in [-0.39, 0.29) is 5.91 Å². The topological polar surface area (TPSA) is 63.1 Å². The summed E-state index contributed by atoms with van der Waals surface area (Å²) in [5.74, 6) is -0.0644. The number of aryl methyl sites for hydroxylation is 1. The maximum atomic E-state index is 12.0. The minimum absolute atomic E-state index is 0.0644. The average molecular weight is 237 g/mol. The van der Waals surface area contributed by atoms with Crippen molar-refractivity contribution in [2.45, 2.75) is 25.3 Å². The largest absolute Gasteiger partial charge is 0.339 e. The summed E-state index contributed by atoms with van der Waals surface area (Å²) in [6, 6.07) is 0.411. The molecule has 17 heavy (non-hydrogen) atoms. The zero-order valence-electron chi connectivity index (χ0n) is 10.4. The molecular formula is C11H19N5O. The molecule has 1 aliphatic rings. The number of piperidine rings is 1. The van der Waals surface area contributed by atoms with Crippen LogP contribution in [0.4, 0.5) is 0 Å². The molecule has 2 rings (SSSR count). The monoisotopic (exact) mass is 237 g/mol. The number of nitrogens with zero attached hydrogens (tertiary/aromatic N) is 4. The Hall–Kier alpha value is -1.43. The van der Waals surface area contributed by atoms with Gasteiger partial charge in [0, 0.05) is 26.7 Å². The molecule has 0 aliphatic carbocycles. The second-order valence-corrected chi connectivity index (χ2v) is 4.61. The van der Waals surface area contributed by atoms with Crippen molar-refractivity contribution in [2.24, 2.45) is 7.05 Å². The Labute approximate surface area is 101 Å². The Morgan fingerprint density at radius 3 is 3.06 bits per heavy atom. The van der Waals surface area contributed by atoms with E-state index >= 15 is 0 Å². The molecule has 1 N–H and O–H groups in total. The molecule has 1 aromatic rings. The molecule has 1 aliphatic heterocycles. The molecule has 94 valence electrons. The van der Waals surface area contributed by atoms with Crippen molar-refractivity contribution in [1.29, 1.82) is 0 Å². The van der Waals surface area contributed by atoms with Crippen molar-refractivity contribution in [3.8, 4) is 0 Å². The highest BCUT2D eigenvalue weighted by Crippen LogP contribution is 2.09. The molecule has 1 unspecified atom stereocenters. The van der Waals surface area contributed by atoms with Crippen LogP contribution in [-0.4, -0.2) is 52.0 Å². The number of nitrogens with one attached hydrogen (secondary N) is 1. The van der Waals surface area contributed by atoms with Gasteiger partial charge in [-0.05, 0) is 19.4 Å². The molecule has 0 saturated carbocycles. The van der Waals surface area contributed by atoms with Gasteiger partial charge < -0.3 is 10.2 Å². The molecule has 6 heteroatoms. The highest BCUT2D eigenvalue weighted by atomic mass is 16.2. The van der Waals surface area contributed by atoms with Gasteiger partial charge in [0.25, 0.3) is 5.91 Å². The molecule has 6 nitrogen and oxygen atoms in total. The lowest BCUT2D eigenvalue weighted by atomic mass is 10.0. The van der Waals surface area contributed by atoms with E-state index < -0.39 is 0 Å². The zero-order chi connectivity index (χ0) is 12.3. The van der Waals surface area contributed by atoms with Gasteiger partial charge in [0.15, 0.2) is 5.69 Å². The SMILES string of the molecule is CN(CC1CCCCN1)C(=O)c1cn(C)nn1. The van der Waals surface area contributed by atoms with Crippen LogP contribution >= 0.6 is 0 Å². The lowest BCUT2D eigenvalue weighted by Gasteiger charge is -2.27.